The minimum Gasteiger partial charge on any atom is -0.495 e. The van der Waals surface area contributed by atoms with Crippen LogP contribution < -0.4 is 4.74 Å². The highest BCUT2D eigenvalue weighted by Crippen LogP contribution is 2.35. The fourth-order valence-corrected chi connectivity index (χ4v) is 2.05. The number of rotatable bonds is 3. The summed E-state index contributed by atoms with van der Waals surface area (Å²) in [7, 11) is 2.88. The third kappa shape index (κ3) is 2.23. The highest BCUT2D eigenvalue weighted by atomic mass is 16.5. The molecule has 0 aliphatic carbocycles. The molecule has 0 bridgehead atoms. The second kappa shape index (κ2) is 5.22. The van der Waals surface area contributed by atoms with Gasteiger partial charge in [-0.2, -0.15) is 0 Å². The summed E-state index contributed by atoms with van der Waals surface area (Å²) in [4.78, 5) is 20.5. The molecule has 1 aromatic heterocycles. The zero-order valence-electron chi connectivity index (χ0n) is 11.4. The SMILES string of the molecule is COC(=O)c1c(OC)c(C(C)C)cc2nccnc12. The van der Waals surface area contributed by atoms with Crippen molar-refractivity contribution in [3.8, 4) is 5.75 Å². The summed E-state index contributed by atoms with van der Waals surface area (Å²) in [6.45, 7) is 4.06. The molecule has 0 atom stereocenters. The Balaban J connectivity index is 2.88. The molecule has 0 amide bonds. The summed E-state index contributed by atoms with van der Waals surface area (Å²) in [5, 5.41) is 0. The van der Waals surface area contributed by atoms with Crippen molar-refractivity contribution in [2.45, 2.75) is 19.8 Å². The predicted molar refractivity (Wildman–Crippen MR) is 71.5 cm³/mol. The van der Waals surface area contributed by atoms with Crippen molar-refractivity contribution in [1.82, 2.24) is 9.97 Å². The maximum atomic E-state index is 12.0. The van der Waals surface area contributed by atoms with Gasteiger partial charge in [0.15, 0.2) is 0 Å². The summed E-state index contributed by atoms with van der Waals surface area (Å²) < 4.78 is 10.2. The van der Waals surface area contributed by atoms with Crippen LogP contribution in [0.2, 0.25) is 0 Å². The number of ether oxygens (including phenoxy) is 2. The van der Waals surface area contributed by atoms with Gasteiger partial charge in [0.2, 0.25) is 0 Å². The lowest BCUT2D eigenvalue weighted by Crippen LogP contribution is -2.09. The van der Waals surface area contributed by atoms with Gasteiger partial charge in [0, 0.05) is 12.4 Å². The maximum absolute atomic E-state index is 12.0. The molecule has 0 radical (unpaired) electrons. The van der Waals surface area contributed by atoms with E-state index in [1.807, 2.05) is 19.9 Å². The van der Waals surface area contributed by atoms with Gasteiger partial charge in [-0.25, -0.2) is 4.79 Å². The molecule has 1 aromatic carbocycles. The molecular weight excluding hydrogens is 244 g/mol. The normalized spacial score (nSPS) is 10.8. The summed E-state index contributed by atoms with van der Waals surface area (Å²) >= 11 is 0. The molecule has 100 valence electrons. The fourth-order valence-electron chi connectivity index (χ4n) is 2.05. The summed E-state index contributed by atoms with van der Waals surface area (Å²) in [6, 6.07) is 1.90. The van der Waals surface area contributed by atoms with E-state index in [0.29, 0.717) is 22.3 Å². The van der Waals surface area contributed by atoms with E-state index in [1.165, 1.54) is 14.2 Å². The molecule has 19 heavy (non-hydrogen) atoms. The van der Waals surface area contributed by atoms with Crippen LogP contribution in [0.4, 0.5) is 0 Å². The van der Waals surface area contributed by atoms with Crippen molar-refractivity contribution in [2.75, 3.05) is 14.2 Å². The quantitative estimate of drug-likeness (QED) is 0.794. The predicted octanol–water partition coefficient (Wildman–Crippen LogP) is 2.55. The van der Waals surface area contributed by atoms with E-state index in [0.717, 1.165) is 5.56 Å². The van der Waals surface area contributed by atoms with Gasteiger partial charge in [0.25, 0.3) is 0 Å². The van der Waals surface area contributed by atoms with Crippen molar-refractivity contribution < 1.29 is 14.3 Å². The lowest BCUT2D eigenvalue weighted by atomic mass is 9.97. The van der Waals surface area contributed by atoms with Gasteiger partial charge in [0.05, 0.1) is 19.7 Å². The smallest absolute Gasteiger partial charge is 0.343 e. The molecule has 5 nitrogen and oxygen atoms in total. The Morgan fingerprint density at radius 3 is 2.47 bits per heavy atom. The van der Waals surface area contributed by atoms with Crippen LogP contribution in [-0.4, -0.2) is 30.2 Å². The minimum absolute atomic E-state index is 0.199. The van der Waals surface area contributed by atoms with E-state index < -0.39 is 5.97 Å². The van der Waals surface area contributed by atoms with E-state index >= 15 is 0 Å². The first-order valence-corrected chi connectivity index (χ1v) is 6.00. The molecular formula is C14H16N2O3. The van der Waals surface area contributed by atoms with Gasteiger partial charge in [-0.05, 0) is 17.5 Å². The van der Waals surface area contributed by atoms with Crippen LogP contribution in [0, 0.1) is 0 Å². The summed E-state index contributed by atoms with van der Waals surface area (Å²) in [5.41, 5.74) is 2.40. The Morgan fingerprint density at radius 1 is 1.21 bits per heavy atom. The number of benzene rings is 1. The van der Waals surface area contributed by atoms with E-state index in [2.05, 4.69) is 9.97 Å². The summed E-state index contributed by atoms with van der Waals surface area (Å²) in [6.07, 6.45) is 3.14. The first-order valence-electron chi connectivity index (χ1n) is 6.00. The van der Waals surface area contributed by atoms with Crippen molar-refractivity contribution in [1.29, 1.82) is 0 Å². The van der Waals surface area contributed by atoms with Crippen molar-refractivity contribution in [3.63, 3.8) is 0 Å². The second-order valence-electron chi connectivity index (χ2n) is 4.44. The topological polar surface area (TPSA) is 61.3 Å². The van der Waals surface area contributed by atoms with Gasteiger partial charge in [-0.3, -0.25) is 9.97 Å². The summed E-state index contributed by atoms with van der Waals surface area (Å²) in [5.74, 6) is 0.240. The number of fused-ring (bicyclic) bond motifs is 1. The average molecular weight is 260 g/mol. The third-order valence-electron chi connectivity index (χ3n) is 2.96. The van der Waals surface area contributed by atoms with Gasteiger partial charge < -0.3 is 9.47 Å². The van der Waals surface area contributed by atoms with Crippen LogP contribution in [0.15, 0.2) is 18.5 Å². The fraction of sp³-hybridized carbons (Fsp3) is 0.357. The number of hydrogen-bond acceptors (Lipinski definition) is 5. The molecule has 0 spiro atoms. The number of methoxy groups -OCH3 is 2. The highest BCUT2D eigenvalue weighted by Gasteiger charge is 2.23. The first-order chi connectivity index (χ1) is 9.10. The van der Waals surface area contributed by atoms with Crippen LogP contribution in [0.5, 0.6) is 5.75 Å². The minimum atomic E-state index is -0.468. The van der Waals surface area contributed by atoms with Crippen LogP contribution in [0.3, 0.4) is 0 Å². The average Bonchev–Trinajstić information content (AvgIpc) is 2.44. The Morgan fingerprint density at radius 2 is 1.89 bits per heavy atom. The lowest BCUT2D eigenvalue weighted by Gasteiger charge is -2.16. The molecule has 0 aliphatic rings. The molecule has 2 aromatic rings. The highest BCUT2D eigenvalue weighted by molar-refractivity contribution is 6.05. The van der Waals surface area contributed by atoms with Crippen LogP contribution in [0.25, 0.3) is 11.0 Å². The van der Waals surface area contributed by atoms with Gasteiger partial charge in [-0.15, -0.1) is 0 Å². The molecule has 0 N–H and O–H groups in total. The second-order valence-corrected chi connectivity index (χ2v) is 4.44. The Bertz CT molecular complexity index is 623. The van der Waals surface area contributed by atoms with Crippen molar-refractivity contribution >= 4 is 17.0 Å². The molecule has 5 heteroatoms. The monoisotopic (exact) mass is 260 g/mol. The third-order valence-corrected chi connectivity index (χ3v) is 2.96. The molecule has 0 fully saturated rings. The van der Waals surface area contributed by atoms with Crippen molar-refractivity contribution in [3.05, 3.63) is 29.6 Å². The largest absolute Gasteiger partial charge is 0.495 e. The van der Waals surface area contributed by atoms with Gasteiger partial charge in [-0.1, -0.05) is 13.8 Å². The maximum Gasteiger partial charge on any atom is 0.343 e. The van der Waals surface area contributed by atoms with E-state index in [-0.39, 0.29) is 5.92 Å². The first kappa shape index (κ1) is 13.3. The number of hydrogen-bond donors (Lipinski definition) is 0. The van der Waals surface area contributed by atoms with E-state index in [9.17, 15) is 4.79 Å². The van der Waals surface area contributed by atoms with Gasteiger partial charge >= 0.3 is 5.97 Å². The zero-order chi connectivity index (χ0) is 14.0. The molecule has 0 saturated heterocycles. The Labute approximate surface area is 111 Å². The Kier molecular flexibility index (Phi) is 3.64. The molecule has 0 saturated carbocycles. The number of nitrogens with zero attached hydrogens (tertiary/aromatic N) is 2. The zero-order valence-corrected chi connectivity index (χ0v) is 11.4. The van der Waals surface area contributed by atoms with Gasteiger partial charge in [0.1, 0.15) is 16.8 Å². The van der Waals surface area contributed by atoms with Crippen LogP contribution >= 0.6 is 0 Å². The Hall–Kier alpha value is -2.17. The number of carbonyl (C=O) groups is 1. The molecule has 0 aliphatic heterocycles. The molecule has 1 heterocycles. The van der Waals surface area contributed by atoms with Crippen LogP contribution in [-0.2, 0) is 4.74 Å². The lowest BCUT2D eigenvalue weighted by molar-refractivity contribution is 0.0599. The number of esters is 1. The van der Waals surface area contributed by atoms with Crippen LogP contribution in [0.1, 0.15) is 35.7 Å². The van der Waals surface area contributed by atoms with E-state index in [1.54, 1.807) is 12.4 Å². The molecule has 2 rings (SSSR count). The number of carbonyl (C=O) groups excluding carboxylic acids is 1. The van der Waals surface area contributed by atoms with Crippen molar-refractivity contribution in [2.24, 2.45) is 0 Å². The van der Waals surface area contributed by atoms with E-state index in [4.69, 9.17) is 9.47 Å². The number of aromatic nitrogens is 2. The standard InChI is InChI=1S/C14H16N2O3/c1-8(2)9-7-10-12(16-6-5-15-10)11(13(9)18-3)14(17)19-4/h5-8H,1-4H3. The molecule has 0 unspecified atom stereocenters.